The Morgan fingerprint density at radius 1 is 1.47 bits per heavy atom. The van der Waals surface area contributed by atoms with Crippen LogP contribution in [0.2, 0.25) is 0 Å². The Morgan fingerprint density at radius 3 is 2.89 bits per heavy atom. The molecule has 0 spiro atoms. The molecule has 1 unspecified atom stereocenters. The number of methoxy groups -OCH3 is 1. The molecular weight excluding hydrogens is 241 g/mol. The molecule has 0 aromatic heterocycles. The van der Waals surface area contributed by atoms with E-state index in [0.717, 1.165) is 25.8 Å². The van der Waals surface area contributed by atoms with Gasteiger partial charge in [0.15, 0.2) is 0 Å². The standard InChI is InChI=1S/C16H24FNO/c1-4-6-13(5-2)9-10-18-12-14-11-15(19-3)7-8-16(14)17/h4,7-8,11,13,18H,1,5-6,9-10,12H2,2-3H3. The van der Waals surface area contributed by atoms with E-state index in [1.54, 1.807) is 19.2 Å². The lowest BCUT2D eigenvalue weighted by atomic mass is 9.98. The van der Waals surface area contributed by atoms with Gasteiger partial charge in [-0.2, -0.15) is 0 Å². The topological polar surface area (TPSA) is 21.3 Å². The van der Waals surface area contributed by atoms with Crippen LogP contribution >= 0.6 is 0 Å². The van der Waals surface area contributed by atoms with Gasteiger partial charge in [-0.3, -0.25) is 0 Å². The monoisotopic (exact) mass is 265 g/mol. The van der Waals surface area contributed by atoms with Crippen LogP contribution in [0.5, 0.6) is 5.75 Å². The van der Waals surface area contributed by atoms with Gasteiger partial charge in [0.2, 0.25) is 0 Å². The highest BCUT2D eigenvalue weighted by molar-refractivity contribution is 5.29. The molecule has 1 aromatic rings. The third-order valence-corrected chi connectivity index (χ3v) is 3.38. The first-order valence-electron chi connectivity index (χ1n) is 6.85. The summed E-state index contributed by atoms with van der Waals surface area (Å²) in [5, 5.41) is 3.29. The number of halogens is 1. The summed E-state index contributed by atoms with van der Waals surface area (Å²) in [5.41, 5.74) is 0.649. The van der Waals surface area contributed by atoms with E-state index in [0.29, 0.717) is 23.8 Å². The molecule has 0 saturated heterocycles. The van der Waals surface area contributed by atoms with E-state index >= 15 is 0 Å². The number of ether oxygens (including phenoxy) is 1. The van der Waals surface area contributed by atoms with E-state index in [-0.39, 0.29) is 5.82 Å². The molecule has 0 radical (unpaired) electrons. The van der Waals surface area contributed by atoms with Crippen molar-refractivity contribution in [3.8, 4) is 5.75 Å². The zero-order chi connectivity index (χ0) is 14.1. The highest BCUT2D eigenvalue weighted by atomic mass is 19.1. The van der Waals surface area contributed by atoms with Crippen molar-refractivity contribution < 1.29 is 9.13 Å². The fourth-order valence-electron chi connectivity index (χ4n) is 2.07. The van der Waals surface area contributed by atoms with Crippen molar-refractivity contribution in [1.29, 1.82) is 0 Å². The molecule has 3 heteroatoms. The van der Waals surface area contributed by atoms with Gasteiger partial charge in [0.25, 0.3) is 0 Å². The van der Waals surface area contributed by atoms with Crippen molar-refractivity contribution in [3.05, 3.63) is 42.2 Å². The molecule has 1 atom stereocenters. The molecule has 0 heterocycles. The number of benzene rings is 1. The molecule has 19 heavy (non-hydrogen) atoms. The molecule has 0 amide bonds. The molecule has 1 aromatic carbocycles. The first-order chi connectivity index (χ1) is 9.21. The first kappa shape index (κ1) is 15.7. The van der Waals surface area contributed by atoms with Gasteiger partial charge < -0.3 is 10.1 Å². The fourth-order valence-corrected chi connectivity index (χ4v) is 2.07. The van der Waals surface area contributed by atoms with E-state index in [4.69, 9.17) is 4.74 Å². The van der Waals surface area contributed by atoms with Gasteiger partial charge in [-0.25, -0.2) is 4.39 Å². The highest BCUT2D eigenvalue weighted by Crippen LogP contribution is 2.17. The lowest BCUT2D eigenvalue weighted by molar-refractivity contribution is 0.411. The quantitative estimate of drug-likeness (QED) is 0.540. The second-order valence-electron chi connectivity index (χ2n) is 4.72. The maximum Gasteiger partial charge on any atom is 0.127 e. The minimum Gasteiger partial charge on any atom is -0.497 e. The van der Waals surface area contributed by atoms with Gasteiger partial charge in [-0.1, -0.05) is 19.4 Å². The number of hydrogen-bond acceptors (Lipinski definition) is 2. The summed E-state index contributed by atoms with van der Waals surface area (Å²) in [7, 11) is 1.59. The minimum absolute atomic E-state index is 0.188. The third-order valence-electron chi connectivity index (χ3n) is 3.38. The molecule has 1 N–H and O–H groups in total. The Bertz CT molecular complexity index is 392. The van der Waals surface area contributed by atoms with Gasteiger partial charge in [0.1, 0.15) is 11.6 Å². The van der Waals surface area contributed by atoms with Crippen LogP contribution in [0.3, 0.4) is 0 Å². The summed E-state index contributed by atoms with van der Waals surface area (Å²) < 4.78 is 18.7. The largest absolute Gasteiger partial charge is 0.497 e. The maximum absolute atomic E-state index is 13.6. The fraction of sp³-hybridized carbons (Fsp3) is 0.500. The second-order valence-corrected chi connectivity index (χ2v) is 4.72. The Balaban J connectivity index is 2.38. The number of allylic oxidation sites excluding steroid dienone is 1. The third kappa shape index (κ3) is 5.43. The Kier molecular flexibility index (Phi) is 7.19. The predicted octanol–water partition coefficient (Wildman–Crippen LogP) is 3.92. The van der Waals surface area contributed by atoms with Crippen LogP contribution < -0.4 is 10.1 Å². The van der Waals surface area contributed by atoms with E-state index < -0.39 is 0 Å². The van der Waals surface area contributed by atoms with E-state index in [1.165, 1.54) is 6.07 Å². The van der Waals surface area contributed by atoms with Crippen LogP contribution in [0.4, 0.5) is 4.39 Å². The lowest BCUT2D eigenvalue weighted by Gasteiger charge is -2.13. The van der Waals surface area contributed by atoms with Crippen molar-refractivity contribution in [2.45, 2.75) is 32.7 Å². The van der Waals surface area contributed by atoms with Crippen molar-refractivity contribution in [2.75, 3.05) is 13.7 Å². The number of hydrogen-bond donors (Lipinski definition) is 1. The minimum atomic E-state index is -0.188. The second kappa shape index (κ2) is 8.70. The molecule has 0 saturated carbocycles. The summed E-state index contributed by atoms with van der Waals surface area (Å²) in [6.07, 6.45) is 5.26. The summed E-state index contributed by atoms with van der Waals surface area (Å²) >= 11 is 0. The first-order valence-corrected chi connectivity index (χ1v) is 6.85. The van der Waals surface area contributed by atoms with E-state index in [2.05, 4.69) is 18.8 Å². The van der Waals surface area contributed by atoms with Crippen molar-refractivity contribution in [1.82, 2.24) is 5.32 Å². The SMILES string of the molecule is C=CCC(CC)CCNCc1cc(OC)ccc1F. The molecule has 106 valence electrons. The van der Waals surface area contributed by atoms with Crippen LogP contribution in [0.15, 0.2) is 30.9 Å². The molecule has 0 bridgehead atoms. The average Bonchev–Trinajstić information content (AvgIpc) is 2.44. The van der Waals surface area contributed by atoms with Crippen LogP contribution in [0, 0.1) is 11.7 Å². The molecule has 1 rings (SSSR count). The molecule has 0 aliphatic heterocycles. The smallest absolute Gasteiger partial charge is 0.127 e. The van der Waals surface area contributed by atoms with E-state index in [9.17, 15) is 4.39 Å². The molecule has 2 nitrogen and oxygen atoms in total. The molecule has 0 aliphatic carbocycles. The van der Waals surface area contributed by atoms with Gasteiger partial charge in [0.05, 0.1) is 7.11 Å². The van der Waals surface area contributed by atoms with Gasteiger partial charge >= 0.3 is 0 Å². The Labute approximate surface area is 115 Å². The zero-order valence-corrected chi connectivity index (χ0v) is 11.9. The molecule has 0 aliphatic rings. The maximum atomic E-state index is 13.6. The number of nitrogens with one attached hydrogen (secondary N) is 1. The average molecular weight is 265 g/mol. The lowest BCUT2D eigenvalue weighted by Crippen LogP contribution is -2.18. The number of rotatable bonds is 9. The van der Waals surface area contributed by atoms with Crippen LogP contribution in [-0.4, -0.2) is 13.7 Å². The van der Waals surface area contributed by atoms with Crippen molar-refractivity contribution in [3.63, 3.8) is 0 Å². The summed E-state index contributed by atoms with van der Waals surface area (Å²) in [5.74, 6) is 1.17. The van der Waals surface area contributed by atoms with Crippen LogP contribution in [-0.2, 0) is 6.54 Å². The summed E-state index contributed by atoms with van der Waals surface area (Å²) in [4.78, 5) is 0. The highest BCUT2D eigenvalue weighted by Gasteiger charge is 2.06. The predicted molar refractivity (Wildman–Crippen MR) is 77.9 cm³/mol. The van der Waals surface area contributed by atoms with Gasteiger partial charge in [0, 0.05) is 12.1 Å². The van der Waals surface area contributed by atoms with Crippen LogP contribution in [0.25, 0.3) is 0 Å². The Hall–Kier alpha value is -1.35. The Morgan fingerprint density at radius 2 is 2.26 bits per heavy atom. The summed E-state index contributed by atoms with van der Waals surface area (Å²) in [6.45, 7) is 7.39. The van der Waals surface area contributed by atoms with Gasteiger partial charge in [-0.15, -0.1) is 6.58 Å². The summed E-state index contributed by atoms with van der Waals surface area (Å²) in [6, 6.07) is 4.82. The van der Waals surface area contributed by atoms with Crippen molar-refractivity contribution >= 4 is 0 Å². The zero-order valence-electron chi connectivity index (χ0n) is 11.9. The van der Waals surface area contributed by atoms with Crippen LogP contribution in [0.1, 0.15) is 31.7 Å². The van der Waals surface area contributed by atoms with Crippen molar-refractivity contribution in [2.24, 2.45) is 5.92 Å². The normalized spacial score (nSPS) is 12.2. The van der Waals surface area contributed by atoms with Gasteiger partial charge in [-0.05, 0) is 43.5 Å². The molecular formula is C16H24FNO. The molecule has 0 fully saturated rings. The van der Waals surface area contributed by atoms with E-state index in [1.807, 2.05) is 6.08 Å².